The van der Waals surface area contributed by atoms with Gasteiger partial charge in [0.1, 0.15) is 0 Å². The van der Waals surface area contributed by atoms with Crippen molar-refractivity contribution >= 4 is 21.6 Å². The summed E-state index contributed by atoms with van der Waals surface area (Å²) in [6.45, 7) is 2.76. The zero-order valence-corrected chi connectivity index (χ0v) is 12.4. The Labute approximate surface area is 123 Å². The highest BCUT2D eigenvalue weighted by molar-refractivity contribution is 9.10. The van der Waals surface area contributed by atoms with Crippen molar-refractivity contribution < 1.29 is 9.45 Å². The molecule has 0 amide bonds. The summed E-state index contributed by atoms with van der Waals surface area (Å²) in [4.78, 5) is 14.6. The molecule has 0 radical (unpaired) electrons. The summed E-state index contributed by atoms with van der Waals surface area (Å²) in [5, 5.41) is 17.7. The average molecular weight is 341 g/mol. The van der Waals surface area contributed by atoms with Gasteiger partial charge in [-0.1, -0.05) is 21.1 Å². The van der Waals surface area contributed by atoms with Crippen LogP contribution in [-0.4, -0.2) is 21.6 Å². The number of hydrogen-bond donors (Lipinski definition) is 1. The minimum atomic E-state index is -0.384. The van der Waals surface area contributed by atoms with Crippen LogP contribution in [0.5, 0.6) is 0 Å². The van der Waals surface area contributed by atoms with Crippen molar-refractivity contribution in [1.82, 2.24) is 15.5 Å². The first-order valence-corrected chi connectivity index (χ1v) is 6.78. The van der Waals surface area contributed by atoms with Gasteiger partial charge in [0.2, 0.25) is 5.89 Å². The lowest BCUT2D eigenvalue weighted by molar-refractivity contribution is -0.385. The van der Waals surface area contributed by atoms with E-state index in [1.165, 1.54) is 6.07 Å². The van der Waals surface area contributed by atoms with Gasteiger partial charge in [-0.15, -0.1) is 0 Å². The van der Waals surface area contributed by atoms with Crippen molar-refractivity contribution in [2.24, 2.45) is 0 Å². The van der Waals surface area contributed by atoms with Crippen LogP contribution in [-0.2, 0) is 13.0 Å². The smallest absolute Gasteiger partial charge is 0.273 e. The molecule has 2 rings (SSSR count). The maximum Gasteiger partial charge on any atom is 0.273 e. The van der Waals surface area contributed by atoms with Crippen molar-refractivity contribution in [2.45, 2.75) is 19.9 Å². The van der Waals surface area contributed by atoms with E-state index < -0.39 is 0 Å². The summed E-state index contributed by atoms with van der Waals surface area (Å²) in [6.07, 6.45) is 0.586. The standard InChI is InChI=1S/C12H13BrN4O3/c1-8-15-12(20-16-8)4-5-14-7-9-6-10(13)2-3-11(9)17(18)19/h2-3,6,14H,4-5,7H2,1H3. The Balaban J connectivity index is 1.90. The molecule has 7 nitrogen and oxygen atoms in total. The Bertz CT molecular complexity index is 614. The molecule has 8 heteroatoms. The summed E-state index contributed by atoms with van der Waals surface area (Å²) in [6, 6.07) is 4.88. The minimum absolute atomic E-state index is 0.106. The molecular formula is C12H13BrN4O3. The molecule has 1 aromatic carbocycles. The van der Waals surface area contributed by atoms with E-state index in [-0.39, 0.29) is 10.6 Å². The van der Waals surface area contributed by atoms with E-state index >= 15 is 0 Å². The number of nitrogens with zero attached hydrogens (tertiary/aromatic N) is 3. The number of nitro benzene ring substituents is 1. The second kappa shape index (κ2) is 6.58. The average Bonchev–Trinajstić information content (AvgIpc) is 2.80. The van der Waals surface area contributed by atoms with E-state index in [1.54, 1.807) is 19.1 Å². The van der Waals surface area contributed by atoms with Crippen LogP contribution >= 0.6 is 15.9 Å². The predicted octanol–water partition coefficient (Wildman–Crippen LogP) is 2.38. The van der Waals surface area contributed by atoms with Crippen molar-refractivity contribution in [3.05, 3.63) is 50.1 Å². The Kier molecular flexibility index (Phi) is 4.80. The number of aromatic nitrogens is 2. The van der Waals surface area contributed by atoms with Crippen LogP contribution in [0.1, 0.15) is 17.3 Å². The van der Waals surface area contributed by atoms with Crippen molar-refractivity contribution in [3.63, 3.8) is 0 Å². The summed E-state index contributed by atoms with van der Waals surface area (Å²) in [5.41, 5.74) is 0.736. The van der Waals surface area contributed by atoms with Gasteiger partial charge in [-0.25, -0.2) is 0 Å². The normalized spacial score (nSPS) is 10.7. The molecule has 0 bridgehead atoms. The summed E-state index contributed by atoms with van der Waals surface area (Å²) in [5.74, 6) is 1.15. The van der Waals surface area contributed by atoms with Gasteiger partial charge in [-0.2, -0.15) is 4.98 Å². The molecule has 1 N–H and O–H groups in total. The monoisotopic (exact) mass is 340 g/mol. The molecular weight excluding hydrogens is 328 g/mol. The molecule has 0 spiro atoms. The molecule has 1 aromatic heterocycles. The molecule has 1 heterocycles. The van der Waals surface area contributed by atoms with Gasteiger partial charge in [0.05, 0.1) is 4.92 Å². The number of aryl methyl sites for hydroxylation is 1. The molecule has 0 saturated carbocycles. The van der Waals surface area contributed by atoms with E-state index in [2.05, 4.69) is 31.4 Å². The van der Waals surface area contributed by atoms with Gasteiger partial charge in [0, 0.05) is 35.6 Å². The summed E-state index contributed by atoms with van der Waals surface area (Å²) >= 11 is 3.31. The van der Waals surface area contributed by atoms with E-state index in [0.29, 0.717) is 36.8 Å². The largest absolute Gasteiger partial charge is 0.339 e. The highest BCUT2D eigenvalue weighted by Crippen LogP contribution is 2.22. The number of hydrogen-bond acceptors (Lipinski definition) is 6. The van der Waals surface area contributed by atoms with Gasteiger partial charge in [-0.3, -0.25) is 10.1 Å². The fourth-order valence-corrected chi connectivity index (χ4v) is 2.14. The number of nitro groups is 1. The van der Waals surface area contributed by atoms with Crippen LogP contribution in [0.4, 0.5) is 5.69 Å². The minimum Gasteiger partial charge on any atom is -0.339 e. The molecule has 0 atom stereocenters. The van der Waals surface area contributed by atoms with Crippen LogP contribution in [0.2, 0.25) is 0 Å². The number of benzene rings is 1. The Morgan fingerprint density at radius 1 is 1.50 bits per heavy atom. The van der Waals surface area contributed by atoms with Crippen LogP contribution in [0.25, 0.3) is 0 Å². The van der Waals surface area contributed by atoms with Gasteiger partial charge in [0.15, 0.2) is 5.82 Å². The maximum atomic E-state index is 10.9. The lowest BCUT2D eigenvalue weighted by atomic mass is 10.2. The molecule has 0 saturated heterocycles. The topological polar surface area (TPSA) is 94.1 Å². The SMILES string of the molecule is Cc1noc(CCNCc2cc(Br)ccc2[N+](=O)[O-])n1. The summed E-state index contributed by atoms with van der Waals surface area (Å²) in [7, 11) is 0. The Hall–Kier alpha value is -1.80. The highest BCUT2D eigenvalue weighted by atomic mass is 79.9. The molecule has 0 fully saturated rings. The molecule has 0 aliphatic heterocycles. The number of halogens is 1. The second-order valence-electron chi connectivity index (χ2n) is 4.19. The zero-order valence-electron chi connectivity index (χ0n) is 10.8. The Morgan fingerprint density at radius 2 is 2.30 bits per heavy atom. The third-order valence-electron chi connectivity index (χ3n) is 2.64. The van der Waals surface area contributed by atoms with Gasteiger partial charge in [-0.05, 0) is 19.1 Å². The predicted molar refractivity (Wildman–Crippen MR) is 75.2 cm³/mol. The summed E-state index contributed by atoms with van der Waals surface area (Å²) < 4.78 is 5.79. The van der Waals surface area contributed by atoms with E-state index in [4.69, 9.17) is 4.52 Å². The molecule has 0 unspecified atom stereocenters. The van der Waals surface area contributed by atoms with Crippen molar-refractivity contribution in [2.75, 3.05) is 6.54 Å². The first kappa shape index (κ1) is 14.6. The van der Waals surface area contributed by atoms with Crippen LogP contribution in [0, 0.1) is 17.0 Å². The van der Waals surface area contributed by atoms with Crippen LogP contribution < -0.4 is 5.32 Å². The molecule has 0 aliphatic rings. The van der Waals surface area contributed by atoms with Crippen LogP contribution in [0.3, 0.4) is 0 Å². The first-order valence-electron chi connectivity index (χ1n) is 5.99. The first-order chi connectivity index (χ1) is 9.56. The quantitative estimate of drug-likeness (QED) is 0.492. The molecule has 0 aliphatic carbocycles. The third-order valence-corrected chi connectivity index (χ3v) is 3.13. The third kappa shape index (κ3) is 3.84. The van der Waals surface area contributed by atoms with E-state index in [9.17, 15) is 10.1 Å². The van der Waals surface area contributed by atoms with Gasteiger partial charge >= 0.3 is 0 Å². The zero-order chi connectivity index (χ0) is 14.5. The molecule has 20 heavy (non-hydrogen) atoms. The van der Waals surface area contributed by atoms with Crippen LogP contribution in [0.15, 0.2) is 27.2 Å². The second-order valence-corrected chi connectivity index (χ2v) is 5.11. The molecule has 106 valence electrons. The van der Waals surface area contributed by atoms with Crippen molar-refractivity contribution in [1.29, 1.82) is 0 Å². The number of nitrogens with one attached hydrogen (secondary N) is 1. The lowest BCUT2D eigenvalue weighted by Crippen LogP contribution is -2.17. The molecule has 2 aromatic rings. The number of rotatable bonds is 6. The van der Waals surface area contributed by atoms with Gasteiger partial charge < -0.3 is 9.84 Å². The van der Waals surface area contributed by atoms with E-state index in [1.807, 2.05) is 0 Å². The fraction of sp³-hybridized carbons (Fsp3) is 0.333. The van der Waals surface area contributed by atoms with Gasteiger partial charge in [0.25, 0.3) is 5.69 Å². The fourth-order valence-electron chi connectivity index (χ4n) is 1.73. The lowest BCUT2D eigenvalue weighted by Gasteiger charge is -2.05. The van der Waals surface area contributed by atoms with Crippen molar-refractivity contribution in [3.8, 4) is 0 Å². The maximum absolute atomic E-state index is 10.9. The highest BCUT2D eigenvalue weighted by Gasteiger charge is 2.13. The Morgan fingerprint density at radius 3 is 2.95 bits per heavy atom. The van der Waals surface area contributed by atoms with E-state index in [0.717, 1.165) is 4.47 Å².